The van der Waals surface area contributed by atoms with Crippen LogP contribution in [0, 0.1) is 0 Å². The third-order valence-corrected chi connectivity index (χ3v) is 4.43. The monoisotopic (exact) mass is 358 g/mol. The molecule has 1 aliphatic heterocycles. The molecule has 1 unspecified atom stereocenters. The predicted octanol–water partition coefficient (Wildman–Crippen LogP) is 1.34. The van der Waals surface area contributed by atoms with Gasteiger partial charge in [0.1, 0.15) is 18.4 Å². The van der Waals surface area contributed by atoms with Crippen LogP contribution in [0.15, 0.2) is 30.9 Å². The number of benzene rings is 1. The maximum atomic E-state index is 12.8. The molecule has 1 atom stereocenters. The number of aromatic nitrogens is 3. The topological polar surface area (TPSA) is 101 Å². The summed E-state index contributed by atoms with van der Waals surface area (Å²) in [6.07, 6.45) is 4.96. The van der Waals surface area contributed by atoms with Gasteiger partial charge in [0.25, 0.3) is 5.91 Å². The molecule has 2 heterocycles. The normalized spacial score (nSPS) is 16.4. The van der Waals surface area contributed by atoms with Gasteiger partial charge < -0.3 is 20.3 Å². The van der Waals surface area contributed by atoms with E-state index in [2.05, 4.69) is 20.7 Å². The maximum absolute atomic E-state index is 12.8. The number of rotatable bonds is 5. The average Bonchev–Trinajstić information content (AvgIpc) is 3.33. The molecule has 138 valence electrons. The Balaban J connectivity index is 1.75. The Morgan fingerprint density at radius 1 is 1.38 bits per heavy atom. The van der Waals surface area contributed by atoms with Crippen LogP contribution in [0.1, 0.15) is 23.2 Å². The smallest absolute Gasteiger partial charge is 0.322 e. The number of carbonyl (C=O) groups is 2. The molecule has 0 aliphatic carbocycles. The molecule has 2 N–H and O–H groups in total. The van der Waals surface area contributed by atoms with Crippen molar-refractivity contribution < 1.29 is 14.3 Å². The summed E-state index contributed by atoms with van der Waals surface area (Å²) >= 11 is 0. The van der Waals surface area contributed by atoms with Crippen LogP contribution < -0.4 is 15.4 Å². The minimum Gasteiger partial charge on any atom is -0.495 e. The quantitative estimate of drug-likeness (QED) is 0.840. The van der Waals surface area contributed by atoms with E-state index in [1.165, 1.54) is 13.4 Å². The van der Waals surface area contributed by atoms with Crippen molar-refractivity contribution in [3.63, 3.8) is 0 Å². The number of amides is 3. The number of hydrogen-bond acceptors (Lipinski definition) is 5. The van der Waals surface area contributed by atoms with E-state index >= 15 is 0 Å². The third kappa shape index (κ3) is 3.76. The van der Waals surface area contributed by atoms with E-state index < -0.39 is 0 Å². The predicted molar refractivity (Wildman–Crippen MR) is 95.2 cm³/mol. The fraction of sp³-hybridized carbons (Fsp3) is 0.412. The first kappa shape index (κ1) is 17.7. The fourth-order valence-corrected chi connectivity index (χ4v) is 3.11. The Hall–Kier alpha value is -3.10. The van der Waals surface area contributed by atoms with Crippen molar-refractivity contribution in [3.05, 3.63) is 36.4 Å². The van der Waals surface area contributed by atoms with Crippen molar-refractivity contribution in [1.29, 1.82) is 0 Å². The van der Waals surface area contributed by atoms with Crippen molar-refractivity contribution in [2.75, 3.05) is 26.0 Å². The third-order valence-electron chi connectivity index (χ3n) is 4.43. The summed E-state index contributed by atoms with van der Waals surface area (Å²) in [7, 11) is 3.08. The molecule has 3 rings (SSSR count). The number of nitrogens with one attached hydrogen (secondary N) is 2. The number of likely N-dealkylation sites (tertiary alicyclic amines) is 1. The first-order valence-electron chi connectivity index (χ1n) is 8.42. The highest BCUT2D eigenvalue weighted by Crippen LogP contribution is 2.27. The lowest BCUT2D eigenvalue weighted by Crippen LogP contribution is -2.41. The van der Waals surface area contributed by atoms with Gasteiger partial charge in [-0.15, -0.1) is 0 Å². The molecule has 1 saturated heterocycles. The largest absolute Gasteiger partial charge is 0.495 e. The Bertz CT molecular complexity index is 777. The number of hydrogen-bond donors (Lipinski definition) is 2. The summed E-state index contributed by atoms with van der Waals surface area (Å²) in [5, 5.41) is 9.54. The van der Waals surface area contributed by atoms with E-state index in [0.717, 1.165) is 12.8 Å². The zero-order valence-corrected chi connectivity index (χ0v) is 14.8. The van der Waals surface area contributed by atoms with Gasteiger partial charge in [-0.05, 0) is 31.0 Å². The van der Waals surface area contributed by atoms with E-state index in [1.54, 1.807) is 41.2 Å². The highest BCUT2D eigenvalue weighted by Gasteiger charge is 2.29. The molecule has 1 aliphatic rings. The SMILES string of the molecule is CNC(=O)c1ccc(OC)c(NC(=O)N2CCCC2Cn2cncn2)c1. The number of carbonyl (C=O) groups excluding carboxylic acids is 2. The molecular formula is C17H22N6O3. The van der Waals surface area contributed by atoms with Gasteiger partial charge in [0, 0.05) is 19.2 Å². The van der Waals surface area contributed by atoms with Crippen LogP contribution in [-0.4, -0.2) is 58.3 Å². The summed E-state index contributed by atoms with van der Waals surface area (Å²) in [6, 6.07) is 4.75. The number of methoxy groups -OCH3 is 1. The van der Waals surface area contributed by atoms with Gasteiger partial charge in [-0.2, -0.15) is 5.10 Å². The van der Waals surface area contributed by atoms with Gasteiger partial charge in [0.15, 0.2) is 0 Å². The summed E-state index contributed by atoms with van der Waals surface area (Å²) < 4.78 is 7.03. The van der Waals surface area contributed by atoms with Crippen LogP contribution >= 0.6 is 0 Å². The van der Waals surface area contributed by atoms with Gasteiger partial charge in [0.05, 0.1) is 25.4 Å². The molecule has 1 aromatic heterocycles. The van der Waals surface area contributed by atoms with Crippen LogP contribution in [0.4, 0.5) is 10.5 Å². The molecule has 0 saturated carbocycles. The van der Waals surface area contributed by atoms with Crippen molar-refractivity contribution in [2.45, 2.75) is 25.4 Å². The molecule has 1 aromatic carbocycles. The van der Waals surface area contributed by atoms with Gasteiger partial charge in [-0.1, -0.05) is 0 Å². The molecule has 26 heavy (non-hydrogen) atoms. The van der Waals surface area contributed by atoms with E-state index in [9.17, 15) is 9.59 Å². The standard InChI is InChI=1S/C17H22N6O3/c1-18-16(24)12-5-6-15(26-2)14(8-12)21-17(25)23-7-3-4-13(23)9-22-11-19-10-20-22/h5-6,8,10-11,13H,3-4,7,9H2,1-2H3,(H,18,24)(H,21,25). The Labute approximate surface area is 151 Å². The lowest BCUT2D eigenvalue weighted by molar-refractivity contribution is 0.0963. The highest BCUT2D eigenvalue weighted by molar-refractivity contribution is 5.98. The molecule has 2 aromatic rings. The van der Waals surface area contributed by atoms with E-state index in [1.807, 2.05) is 0 Å². The summed E-state index contributed by atoms with van der Waals surface area (Å²) in [5.41, 5.74) is 0.911. The van der Waals surface area contributed by atoms with Crippen LogP contribution in [0.5, 0.6) is 5.75 Å². The van der Waals surface area contributed by atoms with Crippen LogP contribution in [0.3, 0.4) is 0 Å². The molecule has 0 radical (unpaired) electrons. The zero-order chi connectivity index (χ0) is 18.5. The van der Waals surface area contributed by atoms with E-state index in [4.69, 9.17) is 4.74 Å². The molecular weight excluding hydrogens is 336 g/mol. The number of urea groups is 1. The second-order valence-corrected chi connectivity index (χ2v) is 6.03. The summed E-state index contributed by atoms with van der Waals surface area (Å²) in [4.78, 5) is 30.4. The number of anilines is 1. The zero-order valence-electron chi connectivity index (χ0n) is 14.8. The number of nitrogens with zero attached hydrogens (tertiary/aromatic N) is 4. The lowest BCUT2D eigenvalue weighted by atomic mass is 10.1. The second-order valence-electron chi connectivity index (χ2n) is 6.03. The van der Waals surface area contributed by atoms with Crippen molar-refractivity contribution >= 4 is 17.6 Å². The lowest BCUT2D eigenvalue weighted by Gasteiger charge is -2.25. The van der Waals surface area contributed by atoms with Gasteiger partial charge in [0.2, 0.25) is 0 Å². The van der Waals surface area contributed by atoms with Crippen LogP contribution in [0.25, 0.3) is 0 Å². The summed E-state index contributed by atoms with van der Waals surface area (Å²) in [6.45, 7) is 1.27. The average molecular weight is 358 g/mol. The van der Waals surface area contributed by atoms with Crippen molar-refractivity contribution in [1.82, 2.24) is 25.0 Å². The minimum atomic E-state index is -0.228. The van der Waals surface area contributed by atoms with Crippen LogP contribution in [-0.2, 0) is 6.54 Å². The van der Waals surface area contributed by atoms with E-state index in [-0.39, 0.29) is 18.0 Å². The van der Waals surface area contributed by atoms with Gasteiger partial charge in [-0.3, -0.25) is 9.48 Å². The Morgan fingerprint density at radius 2 is 2.23 bits per heavy atom. The summed E-state index contributed by atoms with van der Waals surface area (Å²) in [5.74, 6) is 0.270. The van der Waals surface area contributed by atoms with Crippen molar-refractivity contribution in [2.24, 2.45) is 0 Å². The second kappa shape index (κ2) is 7.85. The molecule has 3 amide bonds. The highest BCUT2D eigenvalue weighted by atomic mass is 16.5. The first-order valence-corrected chi connectivity index (χ1v) is 8.42. The maximum Gasteiger partial charge on any atom is 0.322 e. The Kier molecular flexibility index (Phi) is 5.35. The van der Waals surface area contributed by atoms with Crippen LogP contribution in [0.2, 0.25) is 0 Å². The fourth-order valence-electron chi connectivity index (χ4n) is 3.11. The first-order chi connectivity index (χ1) is 12.6. The molecule has 9 nitrogen and oxygen atoms in total. The van der Waals surface area contributed by atoms with Crippen molar-refractivity contribution in [3.8, 4) is 5.75 Å². The number of ether oxygens (including phenoxy) is 1. The molecule has 9 heteroatoms. The van der Waals surface area contributed by atoms with Gasteiger partial charge >= 0.3 is 6.03 Å². The molecule has 0 spiro atoms. The molecule has 1 fully saturated rings. The molecule has 0 bridgehead atoms. The van der Waals surface area contributed by atoms with E-state index in [0.29, 0.717) is 30.1 Å². The Morgan fingerprint density at radius 3 is 2.92 bits per heavy atom. The minimum absolute atomic E-state index is 0.0461. The van der Waals surface area contributed by atoms with Gasteiger partial charge in [-0.25, -0.2) is 9.78 Å².